The van der Waals surface area contributed by atoms with Gasteiger partial charge in [0.25, 0.3) is 0 Å². The first-order chi connectivity index (χ1) is 12.8. The van der Waals surface area contributed by atoms with Gasteiger partial charge in [-0.25, -0.2) is 0 Å². The fraction of sp³-hybridized carbons (Fsp3) is 0.952. The number of morpholine rings is 1. The highest BCUT2D eigenvalue weighted by Crippen LogP contribution is 2.27. The summed E-state index contributed by atoms with van der Waals surface area (Å²) in [4.78, 5) is 14.9. The third kappa shape index (κ3) is 9.37. The summed E-state index contributed by atoms with van der Waals surface area (Å²) in [6, 6.07) is 0.153. The molecule has 1 aliphatic heterocycles. The number of nitrogens with one attached hydrogen (secondary N) is 1. The zero-order valence-electron chi connectivity index (χ0n) is 17.7. The van der Waals surface area contributed by atoms with Crippen LogP contribution >= 0.6 is 0 Å². The van der Waals surface area contributed by atoms with Crippen molar-refractivity contribution in [3.05, 3.63) is 0 Å². The highest BCUT2D eigenvalue weighted by molar-refractivity contribution is 5.76. The first kappa shape index (κ1) is 22.6. The van der Waals surface area contributed by atoms with Crippen molar-refractivity contribution in [3.63, 3.8) is 0 Å². The molecule has 0 aromatic carbocycles. The zero-order chi connectivity index (χ0) is 19.7. The fourth-order valence-corrected chi connectivity index (χ4v) is 3.98. The number of hydrogen-bond acceptors (Lipinski definition) is 5. The Morgan fingerprint density at radius 3 is 2.52 bits per heavy atom. The van der Waals surface area contributed by atoms with Gasteiger partial charge in [-0.3, -0.25) is 9.69 Å². The average molecular weight is 384 g/mol. The number of nitrogens with two attached hydrogens (primary N) is 1. The van der Waals surface area contributed by atoms with Crippen LogP contribution in [0, 0.1) is 5.92 Å². The number of hydrogen-bond donors (Lipinski definition) is 2. The summed E-state index contributed by atoms with van der Waals surface area (Å²) in [6.07, 6.45) is 7.64. The Morgan fingerprint density at radius 2 is 1.89 bits per heavy atom. The Kier molecular flexibility index (Phi) is 9.50. The maximum atomic E-state index is 12.5. The van der Waals surface area contributed by atoms with Crippen LogP contribution in [0.4, 0.5) is 0 Å². The molecule has 1 amide bonds. The van der Waals surface area contributed by atoms with Crippen molar-refractivity contribution in [2.75, 3.05) is 39.5 Å². The normalized spacial score (nSPS) is 22.4. The van der Waals surface area contributed by atoms with Gasteiger partial charge in [0.1, 0.15) is 0 Å². The molecule has 0 aromatic rings. The van der Waals surface area contributed by atoms with Gasteiger partial charge in [-0.2, -0.15) is 0 Å². The molecule has 0 radical (unpaired) electrons. The van der Waals surface area contributed by atoms with Crippen molar-refractivity contribution < 1.29 is 14.3 Å². The number of carbonyl (C=O) groups is 1. The summed E-state index contributed by atoms with van der Waals surface area (Å²) in [5.41, 5.74) is 6.15. The molecular weight excluding hydrogens is 342 g/mol. The van der Waals surface area contributed by atoms with Gasteiger partial charge in [0.2, 0.25) is 5.91 Å². The van der Waals surface area contributed by atoms with E-state index in [-0.39, 0.29) is 23.6 Å². The van der Waals surface area contributed by atoms with Crippen molar-refractivity contribution in [1.82, 2.24) is 10.2 Å². The van der Waals surface area contributed by atoms with Crippen LogP contribution in [0.15, 0.2) is 0 Å². The van der Waals surface area contributed by atoms with Gasteiger partial charge >= 0.3 is 0 Å². The number of nitrogens with zero attached hydrogens (tertiary/aromatic N) is 1. The van der Waals surface area contributed by atoms with Gasteiger partial charge < -0.3 is 20.5 Å². The molecule has 6 heteroatoms. The lowest BCUT2D eigenvalue weighted by Gasteiger charge is -2.32. The first-order valence-corrected chi connectivity index (χ1v) is 10.8. The average Bonchev–Trinajstić information content (AvgIpc) is 2.65. The van der Waals surface area contributed by atoms with E-state index >= 15 is 0 Å². The predicted molar refractivity (Wildman–Crippen MR) is 109 cm³/mol. The van der Waals surface area contributed by atoms with E-state index in [2.05, 4.69) is 10.2 Å². The molecule has 1 saturated heterocycles. The molecule has 1 aliphatic carbocycles. The third-order valence-electron chi connectivity index (χ3n) is 5.62. The van der Waals surface area contributed by atoms with Gasteiger partial charge in [-0.05, 0) is 46.0 Å². The molecule has 0 spiro atoms. The van der Waals surface area contributed by atoms with E-state index in [9.17, 15) is 4.79 Å². The number of rotatable bonds is 9. The maximum Gasteiger partial charge on any atom is 0.220 e. The minimum absolute atomic E-state index is 0.000676. The minimum atomic E-state index is -0.211. The molecule has 2 rings (SSSR count). The van der Waals surface area contributed by atoms with Crippen LogP contribution in [-0.2, 0) is 14.3 Å². The lowest BCUT2D eigenvalue weighted by atomic mass is 9.82. The number of carbonyl (C=O) groups excluding carboxylic acids is 1. The Balaban J connectivity index is 1.77. The van der Waals surface area contributed by atoms with Crippen LogP contribution in [-0.4, -0.2) is 67.9 Å². The van der Waals surface area contributed by atoms with Crippen LogP contribution < -0.4 is 11.1 Å². The van der Waals surface area contributed by atoms with Crippen molar-refractivity contribution in [2.45, 2.75) is 83.4 Å². The third-order valence-corrected chi connectivity index (χ3v) is 5.62. The standard InChI is InChI=1S/C21H41N3O3/c1-21(2,3)27-16-18(15-24-11-13-26-14-12-24)23-20(25)10-9-19(22)17-7-5-4-6-8-17/h17-19H,4-16,22H2,1-3H3,(H,23,25). The Bertz CT molecular complexity index is 427. The van der Waals surface area contributed by atoms with Crippen LogP contribution in [0.25, 0.3) is 0 Å². The molecule has 27 heavy (non-hydrogen) atoms. The molecule has 2 aliphatic rings. The molecule has 2 unspecified atom stereocenters. The van der Waals surface area contributed by atoms with Gasteiger partial charge in [0.15, 0.2) is 0 Å². The molecule has 6 nitrogen and oxygen atoms in total. The first-order valence-electron chi connectivity index (χ1n) is 10.8. The molecule has 3 N–H and O–H groups in total. The lowest BCUT2D eigenvalue weighted by molar-refractivity contribution is -0.123. The van der Waals surface area contributed by atoms with Crippen molar-refractivity contribution in [1.29, 1.82) is 0 Å². The molecule has 1 heterocycles. The summed E-state index contributed by atoms with van der Waals surface area (Å²) < 4.78 is 11.4. The van der Waals surface area contributed by atoms with Gasteiger partial charge in [0.05, 0.1) is 31.5 Å². The van der Waals surface area contributed by atoms with Crippen LogP contribution in [0.1, 0.15) is 65.7 Å². The summed E-state index contributed by atoms with van der Waals surface area (Å²) in [7, 11) is 0. The monoisotopic (exact) mass is 383 g/mol. The summed E-state index contributed by atoms with van der Waals surface area (Å²) in [6.45, 7) is 10.8. The van der Waals surface area contributed by atoms with Crippen molar-refractivity contribution in [2.24, 2.45) is 11.7 Å². The summed E-state index contributed by atoms with van der Waals surface area (Å²) in [5.74, 6) is 0.692. The van der Waals surface area contributed by atoms with E-state index in [0.29, 0.717) is 18.9 Å². The van der Waals surface area contributed by atoms with E-state index in [1.165, 1.54) is 32.1 Å². The Morgan fingerprint density at radius 1 is 1.22 bits per heavy atom. The van der Waals surface area contributed by atoms with Gasteiger partial charge in [-0.1, -0.05) is 19.3 Å². The SMILES string of the molecule is CC(C)(C)OCC(CN1CCOCC1)NC(=O)CCC(N)C1CCCCC1. The second-order valence-corrected chi connectivity index (χ2v) is 9.20. The Hall–Kier alpha value is -0.690. The van der Waals surface area contributed by atoms with Crippen LogP contribution in [0.5, 0.6) is 0 Å². The van der Waals surface area contributed by atoms with Crippen molar-refractivity contribution >= 4 is 5.91 Å². The molecule has 0 aromatic heterocycles. The van der Waals surface area contributed by atoms with Crippen LogP contribution in [0.2, 0.25) is 0 Å². The quantitative estimate of drug-likeness (QED) is 0.639. The van der Waals surface area contributed by atoms with E-state index in [4.69, 9.17) is 15.2 Å². The molecule has 0 bridgehead atoms. The van der Waals surface area contributed by atoms with Gasteiger partial charge in [0, 0.05) is 32.1 Å². The fourth-order valence-electron chi connectivity index (χ4n) is 3.98. The minimum Gasteiger partial charge on any atom is -0.379 e. The van der Waals surface area contributed by atoms with E-state index in [0.717, 1.165) is 39.3 Å². The van der Waals surface area contributed by atoms with Crippen LogP contribution in [0.3, 0.4) is 0 Å². The second-order valence-electron chi connectivity index (χ2n) is 9.20. The molecule has 158 valence electrons. The smallest absolute Gasteiger partial charge is 0.220 e. The molecular formula is C21H41N3O3. The predicted octanol–water partition coefficient (Wildman–Crippen LogP) is 2.31. The highest BCUT2D eigenvalue weighted by atomic mass is 16.5. The summed E-state index contributed by atoms with van der Waals surface area (Å²) in [5, 5.41) is 3.19. The molecule has 2 atom stereocenters. The Labute approximate surface area is 165 Å². The van der Waals surface area contributed by atoms with E-state index in [1.807, 2.05) is 20.8 Å². The maximum absolute atomic E-state index is 12.5. The highest BCUT2D eigenvalue weighted by Gasteiger charge is 2.24. The van der Waals surface area contributed by atoms with E-state index < -0.39 is 0 Å². The number of ether oxygens (including phenoxy) is 2. The lowest BCUT2D eigenvalue weighted by Crippen LogP contribution is -2.50. The topological polar surface area (TPSA) is 76.8 Å². The molecule has 1 saturated carbocycles. The second kappa shape index (κ2) is 11.3. The van der Waals surface area contributed by atoms with Crippen molar-refractivity contribution in [3.8, 4) is 0 Å². The molecule has 2 fully saturated rings. The summed E-state index contributed by atoms with van der Waals surface area (Å²) >= 11 is 0. The van der Waals surface area contributed by atoms with Gasteiger partial charge in [-0.15, -0.1) is 0 Å². The van der Waals surface area contributed by atoms with E-state index in [1.54, 1.807) is 0 Å². The number of amides is 1. The largest absolute Gasteiger partial charge is 0.379 e. The zero-order valence-corrected chi connectivity index (χ0v) is 17.7.